The molecule has 3 heteroatoms. The first kappa shape index (κ1) is 12.9. The Labute approximate surface area is 116 Å². The number of fused-ring (bicyclic) bond motifs is 1. The van der Waals surface area contributed by atoms with Gasteiger partial charge in [-0.2, -0.15) is 0 Å². The molecule has 3 nitrogen and oxygen atoms in total. The van der Waals surface area contributed by atoms with E-state index in [0.717, 1.165) is 19.0 Å². The Morgan fingerprint density at radius 2 is 2.05 bits per heavy atom. The van der Waals surface area contributed by atoms with Crippen molar-refractivity contribution < 1.29 is 0 Å². The van der Waals surface area contributed by atoms with Gasteiger partial charge < -0.3 is 10.2 Å². The van der Waals surface area contributed by atoms with E-state index in [1.54, 1.807) is 0 Å². The van der Waals surface area contributed by atoms with Crippen LogP contribution in [0, 0.1) is 5.92 Å². The van der Waals surface area contributed by atoms with Crippen LogP contribution in [0.25, 0.3) is 0 Å². The molecule has 0 amide bonds. The lowest BCUT2D eigenvalue weighted by atomic mass is 9.90. The number of pyridine rings is 1. The summed E-state index contributed by atoms with van der Waals surface area (Å²) < 4.78 is 0. The summed E-state index contributed by atoms with van der Waals surface area (Å²) in [5.41, 5.74) is 2.82. The van der Waals surface area contributed by atoms with Gasteiger partial charge in [0.1, 0.15) is 5.82 Å². The highest BCUT2D eigenvalue weighted by atomic mass is 15.2. The first-order chi connectivity index (χ1) is 9.28. The van der Waals surface area contributed by atoms with E-state index in [1.165, 1.54) is 49.2 Å². The lowest BCUT2D eigenvalue weighted by Crippen LogP contribution is -2.41. The standard InChI is InChI=1S/C16H25N3/c1-12(17-2)13-8-10-19(11-9-13)16-7-6-14-4-3-5-15(14)18-16/h6-7,12-13,17H,3-5,8-11H2,1-2H3. The van der Waals surface area contributed by atoms with Crippen LogP contribution in [0.3, 0.4) is 0 Å². The summed E-state index contributed by atoms with van der Waals surface area (Å²) in [6, 6.07) is 5.16. The van der Waals surface area contributed by atoms with E-state index < -0.39 is 0 Å². The van der Waals surface area contributed by atoms with Crippen LogP contribution in [0.5, 0.6) is 0 Å². The van der Waals surface area contributed by atoms with Gasteiger partial charge in [0, 0.05) is 24.8 Å². The highest BCUT2D eigenvalue weighted by Crippen LogP contribution is 2.27. The van der Waals surface area contributed by atoms with Gasteiger partial charge in [-0.1, -0.05) is 6.07 Å². The minimum absolute atomic E-state index is 0.634. The van der Waals surface area contributed by atoms with Crippen LogP contribution >= 0.6 is 0 Å². The van der Waals surface area contributed by atoms with E-state index in [9.17, 15) is 0 Å². The van der Waals surface area contributed by atoms with Gasteiger partial charge >= 0.3 is 0 Å². The average Bonchev–Trinajstić information content (AvgIpc) is 2.94. The van der Waals surface area contributed by atoms with Crippen molar-refractivity contribution in [1.82, 2.24) is 10.3 Å². The Hall–Kier alpha value is -1.09. The van der Waals surface area contributed by atoms with Crippen LogP contribution < -0.4 is 10.2 Å². The maximum atomic E-state index is 4.88. The third kappa shape index (κ3) is 2.62. The fourth-order valence-corrected chi connectivity index (χ4v) is 3.45. The lowest BCUT2D eigenvalue weighted by Gasteiger charge is -2.35. The Bertz CT molecular complexity index is 436. The van der Waals surface area contributed by atoms with Crippen LogP contribution in [-0.2, 0) is 12.8 Å². The second kappa shape index (κ2) is 5.49. The fraction of sp³-hybridized carbons (Fsp3) is 0.688. The quantitative estimate of drug-likeness (QED) is 0.903. The highest BCUT2D eigenvalue weighted by molar-refractivity contribution is 5.43. The molecule has 1 saturated heterocycles. The van der Waals surface area contributed by atoms with Crippen LogP contribution in [0.4, 0.5) is 5.82 Å². The Balaban J connectivity index is 1.65. The number of hydrogen-bond donors (Lipinski definition) is 1. The average molecular weight is 259 g/mol. The van der Waals surface area contributed by atoms with E-state index in [1.807, 2.05) is 0 Å². The van der Waals surface area contributed by atoms with Gasteiger partial charge in [-0.05, 0) is 63.6 Å². The molecule has 1 fully saturated rings. The van der Waals surface area contributed by atoms with Crippen molar-refractivity contribution in [2.75, 3.05) is 25.0 Å². The number of aromatic nitrogens is 1. The molecular weight excluding hydrogens is 234 g/mol. The minimum atomic E-state index is 0.634. The Kier molecular flexibility index (Phi) is 3.74. The maximum Gasteiger partial charge on any atom is 0.128 e. The summed E-state index contributed by atoms with van der Waals surface area (Å²) in [5, 5.41) is 3.39. The summed E-state index contributed by atoms with van der Waals surface area (Å²) in [5.74, 6) is 2.02. The van der Waals surface area contributed by atoms with Crippen LogP contribution in [0.15, 0.2) is 12.1 Å². The molecule has 1 atom stereocenters. The maximum absolute atomic E-state index is 4.88. The zero-order valence-electron chi connectivity index (χ0n) is 12.2. The van der Waals surface area contributed by atoms with Gasteiger partial charge in [0.25, 0.3) is 0 Å². The zero-order chi connectivity index (χ0) is 13.2. The molecule has 1 unspecified atom stereocenters. The molecule has 0 saturated carbocycles. The largest absolute Gasteiger partial charge is 0.357 e. The molecular formula is C16H25N3. The molecule has 2 heterocycles. The molecule has 1 aliphatic carbocycles. The van der Waals surface area contributed by atoms with Crippen molar-refractivity contribution >= 4 is 5.82 Å². The van der Waals surface area contributed by atoms with Crippen LogP contribution in [0.1, 0.15) is 37.4 Å². The van der Waals surface area contributed by atoms with E-state index in [-0.39, 0.29) is 0 Å². The molecule has 104 valence electrons. The van der Waals surface area contributed by atoms with Gasteiger partial charge in [0.2, 0.25) is 0 Å². The number of rotatable bonds is 3. The number of nitrogens with zero attached hydrogens (tertiary/aromatic N) is 2. The van der Waals surface area contributed by atoms with Crippen molar-refractivity contribution in [2.24, 2.45) is 5.92 Å². The number of nitrogens with one attached hydrogen (secondary N) is 1. The van der Waals surface area contributed by atoms with Gasteiger partial charge in [-0.15, -0.1) is 0 Å². The van der Waals surface area contributed by atoms with Crippen molar-refractivity contribution in [3.05, 3.63) is 23.4 Å². The molecule has 3 rings (SSSR count). The molecule has 1 aromatic heterocycles. The molecule has 1 N–H and O–H groups in total. The van der Waals surface area contributed by atoms with E-state index in [0.29, 0.717) is 6.04 Å². The summed E-state index contributed by atoms with van der Waals surface area (Å²) in [6.07, 6.45) is 6.25. The predicted molar refractivity (Wildman–Crippen MR) is 79.7 cm³/mol. The zero-order valence-corrected chi connectivity index (χ0v) is 12.2. The summed E-state index contributed by atoms with van der Waals surface area (Å²) in [4.78, 5) is 7.35. The number of aryl methyl sites for hydroxylation is 2. The molecule has 1 aromatic rings. The van der Waals surface area contributed by atoms with Gasteiger partial charge in [0.15, 0.2) is 0 Å². The normalized spacial score (nSPS) is 21.5. The molecule has 0 radical (unpaired) electrons. The number of anilines is 1. The molecule has 2 aliphatic rings. The second-order valence-electron chi connectivity index (χ2n) is 6.03. The van der Waals surface area contributed by atoms with Crippen molar-refractivity contribution in [1.29, 1.82) is 0 Å². The van der Waals surface area contributed by atoms with Crippen LogP contribution in [-0.4, -0.2) is 31.2 Å². The molecule has 0 aromatic carbocycles. The van der Waals surface area contributed by atoms with E-state index in [4.69, 9.17) is 4.98 Å². The third-order valence-corrected chi connectivity index (χ3v) is 4.94. The highest BCUT2D eigenvalue weighted by Gasteiger charge is 2.24. The summed E-state index contributed by atoms with van der Waals surface area (Å²) >= 11 is 0. The fourth-order valence-electron chi connectivity index (χ4n) is 3.45. The van der Waals surface area contributed by atoms with Gasteiger partial charge in [0.05, 0.1) is 0 Å². The summed E-state index contributed by atoms with van der Waals surface area (Å²) in [7, 11) is 2.07. The second-order valence-corrected chi connectivity index (χ2v) is 6.03. The first-order valence-corrected chi connectivity index (χ1v) is 7.69. The van der Waals surface area contributed by atoms with E-state index in [2.05, 4.69) is 36.3 Å². The third-order valence-electron chi connectivity index (χ3n) is 4.94. The smallest absolute Gasteiger partial charge is 0.128 e. The molecule has 0 spiro atoms. The molecule has 19 heavy (non-hydrogen) atoms. The number of hydrogen-bond acceptors (Lipinski definition) is 3. The van der Waals surface area contributed by atoms with E-state index >= 15 is 0 Å². The molecule has 0 bridgehead atoms. The van der Waals surface area contributed by atoms with Gasteiger partial charge in [-0.25, -0.2) is 4.98 Å². The van der Waals surface area contributed by atoms with Crippen molar-refractivity contribution in [3.8, 4) is 0 Å². The first-order valence-electron chi connectivity index (χ1n) is 7.69. The minimum Gasteiger partial charge on any atom is -0.357 e. The Morgan fingerprint density at radius 3 is 2.79 bits per heavy atom. The van der Waals surface area contributed by atoms with Gasteiger partial charge in [-0.3, -0.25) is 0 Å². The lowest BCUT2D eigenvalue weighted by molar-refractivity contribution is 0.323. The molecule has 1 aliphatic heterocycles. The monoisotopic (exact) mass is 259 g/mol. The SMILES string of the molecule is CNC(C)C1CCN(c2ccc3c(n2)CCC3)CC1. The van der Waals surface area contributed by atoms with Crippen molar-refractivity contribution in [3.63, 3.8) is 0 Å². The topological polar surface area (TPSA) is 28.2 Å². The van der Waals surface area contributed by atoms with Crippen molar-refractivity contribution in [2.45, 2.75) is 45.1 Å². The summed E-state index contributed by atoms with van der Waals surface area (Å²) in [6.45, 7) is 4.61. The number of piperidine rings is 1. The Morgan fingerprint density at radius 1 is 1.26 bits per heavy atom. The predicted octanol–water partition coefficient (Wildman–Crippen LogP) is 2.39. The van der Waals surface area contributed by atoms with Crippen LogP contribution in [0.2, 0.25) is 0 Å².